The highest BCUT2D eigenvalue weighted by Crippen LogP contribution is 2.32. The first-order valence-corrected chi connectivity index (χ1v) is 7.61. The second-order valence-electron chi connectivity index (χ2n) is 3.29. The Hall–Kier alpha value is -0.920. The molecule has 7 heteroatoms. The SMILES string of the molecule is CCNC(=O)c1nc(SC)sc1N=CCCOC. The van der Waals surface area contributed by atoms with Crippen molar-refractivity contribution in [1.29, 1.82) is 0 Å². The van der Waals surface area contributed by atoms with Gasteiger partial charge in [-0.05, 0) is 13.2 Å². The van der Waals surface area contributed by atoms with Crippen molar-refractivity contribution >= 4 is 40.2 Å². The molecule has 0 saturated carbocycles. The van der Waals surface area contributed by atoms with Crippen molar-refractivity contribution in [1.82, 2.24) is 10.3 Å². The number of nitrogens with one attached hydrogen (secondary N) is 1. The molecule has 1 rings (SSSR count). The van der Waals surface area contributed by atoms with Gasteiger partial charge in [-0.25, -0.2) is 9.98 Å². The predicted molar refractivity (Wildman–Crippen MR) is 76.5 cm³/mol. The molecule has 5 nitrogen and oxygen atoms in total. The van der Waals surface area contributed by atoms with E-state index in [2.05, 4.69) is 15.3 Å². The predicted octanol–water partition coefficient (Wildman–Crippen LogP) is 2.35. The Kier molecular flexibility index (Phi) is 6.92. The first-order valence-electron chi connectivity index (χ1n) is 5.57. The molecule has 0 spiro atoms. The zero-order valence-corrected chi connectivity index (χ0v) is 12.4. The molecular weight excluding hydrogens is 270 g/mol. The number of carbonyl (C=O) groups excluding carboxylic acids is 1. The highest BCUT2D eigenvalue weighted by Gasteiger charge is 2.16. The van der Waals surface area contributed by atoms with Gasteiger partial charge in [0.1, 0.15) is 5.00 Å². The van der Waals surface area contributed by atoms with Crippen LogP contribution in [0.25, 0.3) is 0 Å². The summed E-state index contributed by atoms with van der Waals surface area (Å²) in [6.45, 7) is 3.08. The fraction of sp³-hybridized carbons (Fsp3) is 0.545. The molecule has 0 bridgehead atoms. The zero-order chi connectivity index (χ0) is 13.4. The largest absolute Gasteiger partial charge is 0.384 e. The number of ether oxygens (including phenoxy) is 1. The number of amides is 1. The number of aliphatic imine (C=N–C) groups is 1. The first kappa shape index (κ1) is 15.1. The Morgan fingerprint density at radius 1 is 1.67 bits per heavy atom. The van der Waals surface area contributed by atoms with E-state index >= 15 is 0 Å². The van der Waals surface area contributed by atoms with Gasteiger partial charge in [0, 0.05) is 26.3 Å². The molecule has 0 saturated heterocycles. The quantitative estimate of drug-likeness (QED) is 0.475. The minimum absolute atomic E-state index is 0.173. The van der Waals surface area contributed by atoms with Crippen LogP contribution in [0.3, 0.4) is 0 Å². The molecule has 1 N–H and O–H groups in total. The third kappa shape index (κ3) is 4.40. The molecule has 0 aliphatic heterocycles. The third-order valence-corrected chi connectivity index (χ3v) is 3.92. The van der Waals surface area contributed by atoms with Crippen molar-refractivity contribution in [2.24, 2.45) is 4.99 Å². The average molecular weight is 287 g/mol. The second-order valence-corrected chi connectivity index (χ2v) is 5.32. The summed E-state index contributed by atoms with van der Waals surface area (Å²) >= 11 is 2.94. The molecule has 0 atom stereocenters. The third-order valence-electron chi connectivity index (χ3n) is 1.98. The number of nitrogens with zero attached hydrogens (tertiary/aromatic N) is 2. The van der Waals surface area contributed by atoms with Crippen LogP contribution in [-0.4, -0.2) is 43.6 Å². The summed E-state index contributed by atoms with van der Waals surface area (Å²) in [5.41, 5.74) is 0.403. The van der Waals surface area contributed by atoms with Gasteiger partial charge in [-0.2, -0.15) is 0 Å². The van der Waals surface area contributed by atoms with Crippen molar-refractivity contribution < 1.29 is 9.53 Å². The monoisotopic (exact) mass is 287 g/mol. The van der Waals surface area contributed by atoms with Crippen LogP contribution in [0.5, 0.6) is 0 Å². The lowest BCUT2D eigenvalue weighted by molar-refractivity contribution is 0.0952. The fourth-order valence-electron chi connectivity index (χ4n) is 1.18. The van der Waals surface area contributed by atoms with Crippen LogP contribution in [0.1, 0.15) is 23.8 Å². The first-order chi connectivity index (χ1) is 8.72. The minimum atomic E-state index is -0.173. The number of hydrogen-bond acceptors (Lipinski definition) is 6. The molecular formula is C11H17N3O2S2. The lowest BCUT2D eigenvalue weighted by atomic mass is 10.4. The Bertz CT molecular complexity index is 418. The number of thioether (sulfide) groups is 1. The van der Waals surface area contributed by atoms with Crippen LogP contribution in [0.4, 0.5) is 5.00 Å². The van der Waals surface area contributed by atoms with Crippen LogP contribution in [0.15, 0.2) is 9.33 Å². The number of hydrogen-bond donors (Lipinski definition) is 1. The number of aromatic nitrogens is 1. The van der Waals surface area contributed by atoms with Crippen molar-refractivity contribution in [3.8, 4) is 0 Å². The maximum absolute atomic E-state index is 11.8. The second kappa shape index (κ2) is 8.23. The van der Waals surface area contributed by atoms with Crippen LogP contribution in [0.2, 0.25) is 0 Å². The van der Waals surface area contributed by atoms with Crippen molar-refractivity contribution in [2.45, 2.75) is 17.7 Å². The van der Waals surface area contributed by atoms with Gasteiger partial charge >= 0.3 is 0 Å². The van der Waals surface area contributed by atoms with E-state index in [1.165, 1.54) is 23.1 Å². The smallest absolute Gasteiger partial charge is 0.273 e. The van der Waals surface area contributed by atoms with Gasteiger partial charge in [-0.3, -0.25) is 4.79 Å². The summed E-state index contributed by atoms with van der Waals surface area (Å²) in [5.74, 6) is -0.173. The van der Waals surface area contributed by atoms with E-state index in [1.807, 2.05) is 13.2 Å². The van der Waals surface area contributed by atoms with Crippen molar-refractivity contribution in [3.05, 3.63) is 5.69 Å². The molecule has 1 heterocycles. The Balaban J connectivity index is 2.84. The van der Waals surface area contributed by atoms with E-state index in [0.29, 0.717) is 23.8 Å². The van der Waals surface area contributed by atoms with Crippen LogP contribution < -0.4 is 5.32 Å². The number of rotatable bonds is 7. The topological polar surface area (TPSA) is 63.6 Å². The normalized spacial score (nSPS) is 11.1. The van der Waals surface area contributed by atoms with E-state index < -0.39 is 0 Å². The molecule has 0 fully saturated rings. The van der Waals surface area contributed by atoms with Gasteiger partial charge < -0.3 is 10.1 Å². The lowest BCUT2D eigenvalue weighted by Crippen LogP contribution is -2.23. The van der Waals surface area contributed by atoms with Gasteiger partial charge in [-0.1, -0.05) is 23.1 Å². The molecule has 1 aromatic rings. The summed E-state index contributed by atoms with van der Waals surface area (Å²) in [7, 11) is 1.65. The summed E-state index contributed by atoms with van der Waals surface area (Å²) in [4.78, 5) is 20.4. The number of carbonyl (C=O) groups is 1. The Labute approximate surface area is 115 Å². The molecule has 0 aromatic carbocycles. The fourth-order valence-corrected chi connectivity index (χ4v) is 2.60. The van der Waals surface area contributed by atoms with Crippen molar-refractivity contribution in [2.75, 3.05) is 26.5 Å². The van der Waals surface area contributed by atoms with Crippen LogP contribution in [-0.2, 0) is 4.74 Å². The summed E-state index contributed by atoms with van der Waals surface area (Å²) in [6.07, 6.45) is 4.40. The maximum atomic E-state index is 11.8. The van der Waals surface area contributed by atoms with E-state index in [4.69, 9.17) is 4.74 Å². The van der Waals surface area contributed by atoms with Crippen LogP contribution >= 0.6 is 23.1 Å². The molecule has 1 amide bonds. The van der Waals surface area contributed by atoms with E-state index in [9.17, 15) is 4.79 Å². The maximum Gasteiger partial charge on any atom is 0.273 e. The lowest BCUT2D eigenvalue weighted by Gasteiger charge is -1.98. The number of thiazole rings is 1. The van der Waals surface area contributed by atoms with E-state index in [0.717, 1.165) is 10.8 Å². The Morgan fingerprint density at radius 3 is 3.06 bits per heavy atom. The molecule has 1 aromatic heterocycles. The summed E-state index contributed by atoms with van der Waals surface area (Å²) in [6, 6.07) is 0. The molecule has 100 valence electrons. The van der Waals surface area contributed by atoms with Gasteiger partial charge in [0.15, 0.2) is 10.0 Å². The average Bonchev–Trinajstić information content (AvgIpc) is 2.78. The van der Waals surface area contributed by atoms with Gasteiger partial charge in [0.25, 0.3) is 5.91 Å². The molecule has 0 aliphatic carbocycles. The van der Waals surface area contributed by atoms with E-state index in [-0.39, 0.29) is 5.91 Å². The molecule has 0 aliphatic rings. The van der Waals surface area contributed by atoms with Crippen molar-refractivity contribution in [3.63, 3.8) is 0 Å². The number of methoxy groups -OCH3 is 1. The molecule has 18 heavy (non-hydrogen) atoms. The minimum Gasteiger partial charge on any atom is -0.384 e. The summed E-state index contributed by atoms with van der Waals surface area (Å²) < 4.78 is 5.78. The van der Waals surface area contributed by atoms with Gasteiger partial charge in [-0.15, -0.1) is 0 Å². The zero-order valence-electron chi connectivity index (χ0n) is 10.7. The highest BCUT2D eigenvalue weighted by molar-refractivity contribution is 8.00. The van der Waals surface area contributed by atoms with Gasteiger partial charge in [0.05, 0.1) is 6.61 Å². The van der Waals surface area contributed by atoms with Crippen LogP contribution in [0, 0.1) is 0 Å². The van der Waals surface area contributed by atoms with E-state index in [1.54, 1.807) is 13.3 Å². The molecule has 0 radical (unpaired) electrons. The highest BCUT2D eigenvalue weighted by atomic mass is 32.2. The van der Waals surface area contributed by atoms with Gasteiger partial charge in [0.2, 0.25) is 0 Å². The molecule has 0 unspecified atom stereocenters. The Morgan fingerprint density at radius 2 is 2.44 bits per heavy atom. The standard InChI is InChI=1S/C11H17N3O2S2/c1-4-12-9(15)8-10(13-6-5-7-16-2)18-11(14-8)17-3/h6H,4-5,7H2,1-3H3,(H,12,15). The summed E-state index contributed by atoms with van der Waals surface area (Å²) in [5, 5.41) is 3.39.